The first-order valence-corrected chi connectivity index (χ1v) is 12.9. The van der Waals surface area contributed by atoms with E-state index in [2.05, 4.69) is 4.90 Å². The van der Waals surface area contributed by atoms with E-state index in [1.54, 1.807) is 16.2 Å². The molecule has 0 saturated carbocycles. The Morgan fingerprint density at radius 2 is 1.78 bits per heavy atom. The molecule has 1 aliphatic rings. The Morgan fingerprint density at radius 3 is 2.56 bits per heavy atom. The Bertz CT molecular complexity index is 1510. The highest BCUT2D eigenvalue weighted by Gasteiger charge is 2.25. The van der Waals surface area contributed by atoms with Gasteiger partial charge >= 0.3 is 0 Å². The molecule has 0 aliphatic carbocycles. The van der Waals surface area contributed by atoms with Crippen LogP contribution in [0.2, 0.25) is 0 Å². The van der Waals surface area contributed by atoms with Gasteiger partial charge in [-0.2, -0.15) is 0 Å². The van der Waals surface area contributed by atoms with Crippen molar-refractivity contribution in [2.45, 2.75) is 0 Å². The number of amides is 1. The number of rotatable bonds is 6. The third-order valence-corrected chi connectivity index (χ3v) is 7.77. The topological polar surface area (TPSA) is 67.8 Å². The number of aromatic nitrogens is 2. The van der Waals surface area contributed by atoms with Crippen LogP contribution >= 0.6 is 35.1 Å². The molecule has 0 spiro atoms. The van der Waals surface area contributed by atoms with Gasteiger partial charge in [0.05, 0.1) is 31.9 Å². The molecular weight excluding hydrogens is 516 g/mol. The van der Waals surface area contributed by atoms with Gasteiger partial charge in [0.15, 0.2) is 16.6 Å². The maximum atomic E-state index is 14.2. The Morgan fingerprint density at radius 1 is 0.972 bits per heavy atom. The van der Waals surface area contributed by atoms with Crippen molar-refractivity contribution >= 4 is 67.2 Å². The Balaban J connectivity index is 0.00000267. The highest BCUT2D eigenvalue weighted by atomic mass is 35.5. The van der Waals surface area contributed by atoms with E-state index >= 15 is 0 Å². The Labute approximate surface area is 222 Å². The van der Waals surface area contributed by atoms with Crippen molar-refractivity contribution in [2.24, 2.45) is 0 Å². The van der Waals surface area contributed by atoms with Gasteiger partial charge in [-0.25, -0.2) is 9.97 Å². The summed E-state index contributed by atoms with van der Waals surface area (Å²) in [6.07, 6.45) is 0. The molecule has 1 amide bonds. The zero-order chi connectivity index (χ0) is 23.9. The Hall–Kier alpha value is -3.24. The number of thiophene rings is 1. The number of benzene rings is 2. The van der Waals surface area contributed by atoms with Gasteiger partial charge in [-0.3, -0.25) is 9.69 Å². The van der Waals surface area contributed by atoms with Gasteiger partial charge in [-0.1, -0.05) is 35.6 Å². The molecule has 36 heavy (non-hydrogen) atoms. The fourth-order valence-electron chi connectivity index (χ4n) is 4.05. The van der Waals surface area contributed by atoms with Crippen LogP contribution in [0.5, 0.6) is 11.5 Å². The first-order valence-electron chi connectivity index (χ1n) is 11.2. The van der Waals surface area contributed by atoms with Gasteiger partial charge in [0.25, 0.3) is 5.91 Å². The summed E-state index contributed by atoms with van der Waals surface area (Å²) in [5, 5.41) is 3.49. The molecule has 0 unspecified atom stereocenters. The molecule has 0 radical (unpaired) electrons. The van der Waals surface area contributed by atoms with Crippen LogP contribution in [-0.2, 0) is 0 Å². The smallest absolute Gasteiger partial charge is 0.260 e. The molecule has 7 nitrogen and oxygen atoms in total. The molecule has 5 aromatic rings. The van der Waals surface area contributed by atoms with Gasteiger partial charge in [-0.15, -0.1) is 23.7 Å². The minimum Gasteiger partial charge on any atom is -0.454 e. The van der Waals surface area contributed by atoms with Crippen molar-refractivity contribution in [2.75, 3.05) is 38.9 Å². The number of hydrogen-bond acceptors (Lipinski definition) is 8. The molecular formula is C26H23ClN4O3S2. The largest absolute Gasteiger partial charge is 0.454 e. The van der Waals surface area contributed by atoms with E-state index in [1.165, 1.54) is 11.3 Å². The van der Waals surface area contributed by atoms with Crippen molar-refractivity contribution in [3.8, 4) is 22.1 Å². The van der Waals surface area contributed by atoms with Crippen molar-refractivity contribution in [3.05, 3.63) is 65.5 Å². The first-order chi connectivity index (χ1) is 17.1. The molecule has 2 aromatic carbocycles. The van der Waals surface area contributed by atoms with E-state index in [-0.39, 0.29) is 25.1 Å². The molecule has 10 heteroatoms. The van der Waals surface area contributed by atoms with Crippen LogP contribution in [0.3, 0.4) is 0 Å². The fourth-order valence-corrected chi connectivity index (χ4v) is 5.74. The lowest BCUT2D eigenvalue weighted by Crippen LogP contribution is -2.37. The quantitative estimate of drug-likeness (QED) is 0.267. The predicted molar refractivity (Wildman–Crippen MR) is 148 cm³/mol. The van der Waals surface area contributed by atoms with Crippen molar-refractivity contribution in [3.63, 3.8) is 0 Å². The van der Waals surface area contributed by atoms with Crippen LogP contribution < -0.4 is 14.4 Å². The second kappa shape index (κ2) is 10.0. The van der Waals surface area contributed by atoms with Crippen LogP contribution in [0.4, 0.5) is 5.13 Å². The molecule has 4 heterocycles. The normalized spacial score (nSPS) is 12.3. The van der Waals surface area contributed by atoms with E-state index in [9.17, 15) is 4.79 Å². The number of ether oxygens (including phenoxy) is 2. The maximum Gasteiger partial charge on any atom is 0.260 e. The molecule has 0 fully saturated rings. The average Bonchev–Trinajstić information content (AvgIpc) is 3.62. The number of carbonyl (C=O) groups is 1. The number of thiazole rings is 1. The second-order valence-electron chi connectivity index (χ2n) is 8.48. The molecule has 0 N–H and O–H groups in total. The molecule has 184 valence electrons. The predicted octanol–water partition coefficient (Wildman–Crippen LogP) is 5.93. The number of halogens is 1. The number of hydrogen-bond donors (Lipinski definition) is 0. The molecule has 6 rings (SSSR count). The summed E-state index contributed by atoms with van der Waals surface area (Å²) >= 11 is 3.09. The molecule has 3 aromatic heterocycles. The third-order valence-electron chi connectivity index (χ3n) is 5.84. The zero-order valence-electron chi connectivity index (χ0n) is 19.6. The van der Waals surface area contributed by atoms with Crippen LogP contribution in [0, 0.1) is 0 Å². The lowest BCUT2D eigenvalue weighted by Gasteiger charge is -2.23. The highest BCUT2D eigenvalue weighted by Crippen LogP contribution is 2.40. The van der Waals surface area contributed by atoms with Gasteiger partial charge < -0.3 is 14.4 Å². The van der Waals surface area contributed by atoms with E-state index in [0.717, 1.165) is 31.7 Å². The molecule has 0 atom stereocenters. The van der Waals surface area contributed by atoms with E-state index < -0.39 is 0 Å². The number of para-hydroxylation sites is 1. The number of anilines is 1. The number of fused-ring (bicyclic) bond motifs is 3. The summed E-state index contributed by atoms with van der Waals surface area (Å²) in [4.78, 5) is 28.7. The van der Waals surface area contributed by atoms with Crippen LogP contribution in [0.15, 0.2) is 60.0 Å². The zero-order valence-corrected chi connectivity index (χ0v) is 22.1. The van der Waals surface area contributed by atoms with E-state index in [0.29, 0.717) is 35.3 Å². The second-order valence-corrected chi connectivity index (χ2v) is 10.4. The van der Waals surface area contributed by atoms with Crippen LogP contribution in [0.1, 0.15) is 10.4 Å². The summed E-state index contributed by atoms with van der Waals surface area (Å²) in [6, 6.07) is 17.5. The minimum absolute atomic E-state index is 0. The average molecular weight is 539 g/mol. The van der Waals surface area contributed by atoms with Gasteiger partial charge in [0.1, 0.15) is 0 Å². The summed E-state index contributed by atoms with van der Waals surface area (Å²) in [7, 11) is 3.99. The standard InChI is InChI=1S/C26H22N4O3S2.ClH/c1-29(2)9-10-30(26-28-20-13-21-22(33-15-32-21)14-24(20)35-26)25(31)17-12-19(23-8-5-11-34-23)27-18-7-4-3-6-16(17)18;/h3-8,11-14H,9-10,15H2,1-2H3;1H. The molecule has 1 aliphatic heterocycles. The van der Waals surface area contributed by atoms with Crippen molar-refractivity contribution in [1.82, 2.24) is 14.9 Å². The first kappa shape index (κ1) is 24.5. The number of carbonyl (C=O) groups excluding carboxylic acids is 1. The third kappa shape index (κ3) is 4.51. The Kier molecular flexibility index (Phi) is 6.81. The molecule has 0 saturated heterocycles. The van der Waals surface area contributed by atoms with E-state index in [4.69, 9.17) is 19.4 Å². The number of nitrogens with zero attached hydrogens (tertiary/aromatic N) is 4. The fraction of sp³-hybridized carbons (Fsp3) is 0.192. The summed E-state index contributed by atoms with van der Waals surface area (Å²) < 4.78 is 12.0. The summed E-state index contributed by atoms with van der Waals surface area (Å²) in [5.74, 6) is 1.29. The lowest BCUT2D eigenvalue weighted by atomic mass is 10.1. The van der Waals surface area contributed by atoms with Gasteiger partial charge in [0.2, 0.25) is 6.79 Å². The summed E-state index contributed by atoms with van der Waals surface area (Å²) in [5.41, 5.74) is 3.00. The van der Waals surface area contributed by atoms with Crippen LogP contribution in [0.25, 0.3) is 31.7 Å². The van der Waals surface area contributed by atoms with Gasteiger partial charge in [-0.05, 0) is 37.7 Å². The monoisotopic (exact) mass is 538 g/mol. The van der Waals surface area contributed by atoms with Crippen molar-refractivity contribution < 1.29 is 14.3 Å². The van der Waals surface area contributed by atoms with Crippen molar-refractivity contribution in [1.29, 1.82) is 0 Å². The minimum atomic E-state index is -0.0950. The maximum absolute atomic E-state index is 14.2. The molecule has 0 bridgehead atoms. The van der Waals surface area contributed by atoms with E-state index in [1.807, 2.05) is 74.1 Å². The lowest BCUT2D eigenvalue weighted by molar-refractivity contribution is 0.0986. The SMILES string of the molecule is CN(C)CCN(C(=O)c1cc(-c2cccs2)nc2ccccc12)c1nc2cc3c(cc2s1)OCO3.Cl. The number of pyridine rings is 1. The summed E-state index contributed by atoms with van der Waals surface area (Å²) in [6.45, 7) is 1.42. The highest BCUT2D eigenvalue weighted by molar-refractivity contribution is 7.22. The van der Waals surface area contributed by atoms with Crippen LogP contribution in [-0.4, -0.2) is 54.8 Å². The number of likely N-dealkylation sites (N-methyl/N-ethyl adjacent to an activating group) is 1. The van der Waals surface area contributed by atoms with Gasteiger partial charge in [0, 0.05) is 30.6 Å².